The van der Waals surface area contributed by atoms with Gasteiger partial charge in [-0.1, -0.05) is 55.5 Å². The van der Waals surface area contributed by atoms with E-state index in [4.69, 9.17) is 4.74 Å². The highest BCUT2D eigenvalue weighted by Gasteiger charge is 2.41. The zero-order chi connectivity index (χ0) is 22.1. The molecule has 0 spiro atoms. The van der Waals surface area contributed by atoms with Crippen molar-refractivity contribution < 1.29 is 24.2 Å². The van der Waals surface area contributed by atoms with Gasteiger partial charge in [-0.3, -0.25) is 4.79 Å². The molecule has 0 radical (unpaired) electrons. The first-order valence-electron chi connectivity index (χ1n) is 10.5. The lowest BCUT2D eigenvalue weighted by atomic mass is 9.98. The third-order valence-corrected chi connectivity index (χ3v) is 6.28. The van der Waals surface area contributed by atoms with E-state index in [0.29, 0.717) is 13.0 Å². The lowest BCUT2D eigenvalue weighted by molar-refractivity contribution is -0.150. The van der Waals surface area contributed by atoms with E-state index in [1.54, 1.807) is 6.92 Å². The first-order valence-corrected chi connectivity index (χ1v) is 10.5. The number of alkyl carbamates (subject to hydrolysis) is 1. The molecule has 0 aromatic heterocycles. The third-order valence-electron chi connectivity index (χ3n) is 6.28. The fourth-order valence-corrected chi connectivity index (χ4v) is 4.70. The molecule has 1 aliphatic carbocycles. The first kappa shape index (κ1) is 20.9. The number of rotatable bonds is 5. The van der Waals surface area contributed by atoms with Crippen molar-refractivity contribution in [1.82, 2.24) is 10.2 Å². The summed E-state index contributed by atoms with van der Waals surface area (Å²) in [6.07, 6.45) is -0.0674. The summed E-state index contributed by atoms with van der Waals surface area (Å²) >= 11 is 0. The van der Waals surface area contributed by atoms with Gasteiger partial charge in [0.2, 0.25) is 5.91 Å². The number of benzene rings is 2. The lowest BCUT2D eigenvalue weighted by Crippen LogP contribution is -2.51. The number of nitrogens with one attached hydrogen (secondary N) is 1. The van der Waals surface area contributed by atoms with Crippen LogP contribution in [0.4, 0.5) is 4.79 Å². The summed E-state index contributed by atoms with van der Waals surface area (Å²) in [6, 6.07) is 14.4. The van der Waals surface area contributed by atoms with Crippen molar-refractivity contribution >= 4 is 18.0 Å². The van der Waals surface area contributed by atoms with Crippen molar-refractivity contribution in [2.75, 3.05) is 13.2 Å². The minimum absolute atomic E-state index is 0.0695. The molecule has 2 aromatic carbocycles. The average Bonchev–Trinajstić information content (AvgIpc) is 3.30. The Morgan fingerprint density at radius 2 is 1.68 bits per heavy atom. The minimum atomic E-state index is -1.02. The van der Waals surface area contributed by atoms with Gasteiger partial charge in [0.15, 0.2) is 0 Å². The molecule has 7 nitrogen and oxygen atoms in total. The molecular weight excluding hydrogens is 396 g/mol. The predicted molar refractivity (Wildman–Crippen MR) is 115 cm³/mol. The number of nitrogens with zero attached hydrogens (tertiary/aromatic N) is 1. The van der Waals surface area contributed by atoms with E-state index in [1.165, 1.54) is 4.90 Å². The fraction of sp³-hybridized carbons (Fsp3) is 0.375. The fourth-order valence-electron chi connectivity index (χ4n) is 4.70. The van der Waals surface area contributed by atoms with Crippen LogP contribution in [0.25, 0.3) is 11.1 Å². The molecule has 2 unspecified atom stereocenters. The van der Waals surface area contributed by atoms with Crippen LogP contribution in [0.1, 0.15) is 37.3 Å². The quantitative estimate of drug-likeness (QED) is 0.771. The molecule has 7 heteroatoms. The van der Waals surface area contributed by atoms with Gasteiger partial charge < -0.3 is 20.1 Å². The van der Waals surface area contributed by atoms with E-state index in [9.17, 15) is 19.5 Å². The van der Waals surface area contributed by atoms with Crippen molar-refractivity contribution in [2.45, 2.75) is 38.3 Å². The zero-order valence-corrected chi connectivity index (χ0v) is 17.6. The molecule has 2 N–H and O–H groups in total. The van der Waals surface area contributed by atoms with Gasteiger partial charge in [0.1, 0.15) is 18.7 Å². The molecule has 4 rings (SSSR count). The Hall–Kier alpha value is -3.35. The molecule has 0 bridgehead atoms. The van der Waals surface area contributed by atoms with E-state index in [0.717, 1.165) is 22.3 Å². The zero-order valence-electron chi connectivity index (χ0n) is 17.6. The van der Waals surface area contributed by atoms with Crippen LogP contribution in [-0.4, -0.2) is 53.2 Å². The van der Waals surface area contributed by atoms with Crippen LogP contribution in [0.5, 0.6) is 0 Å². The number of aliphatic carboxylic acids is 1. The van der Waals surface area contributed by atoms with Gasteiger partial charge in [-0.15, -0.1) is 0 Å². The van der Waals surface area contributed by atoms with Gasteiger partial charge in [-0.25, -0.2) is 9.59 Å². The standard InChI is InChI=1S/C24H26N2O5/c1-14-11-12-26(21(14)23(28)29)22(27)15(2)25-24(30)31-13-20-18-9-5-3-7-16(18)17-8-4-6-10-19(17)20/h3-10,14-15,20-21H,11-13H2,1-2H3,(H,25,30)(H,28,29)/t14?,15-,21?/m1/s1. The van der Waals surface area contributed by atoms with Gasteiger partial charge in [-0.2, -0.15) is 0 Å². The number of carbonyl (C=O) groups is 3. The number of carbonyl (C=O) groups excluding carboxylic acids is 2. The van der Waals surface area contributed by atoms with Crippen molar-refractivity contribution in [3.05, 3.63) is 59.7 Å². The number of hydrogen-bond donors (Lipinski definition) is 2. The molecule has 1 heterocycles. The summed E-state index contributed by atoms with van der Waals surface area (Å²) < 4.78 is 5.48. The van der Waals surface area contributed by atoms with Crippen LogP contribution in [0.2, 0.25) is 0 Å². The Kier molecular flexibility index (Phi) is 5.67. The smallest absolute Gasteiger partial charge is 0.407 e. The second kappa shape index (κ2) is 8.41. The highest BCUT2D eigenvalue weighted by molar-refractivity contribution is 5.89. The minimum Gasteiger partial charge on any atom is -0.480 e. The predicted octanol–water partition coefficient (Wildman–Crippen LogP) is 3.24. The van der Waals surface area contributed by atoms with Gasteiger partial charge in [-0.05, 0) is 41.5 Å². The molecule has 31 heavy (non-hydrogen) atoms. The van der Waals surface area contributed by atoms with Crippen LogP contribution in [-0.2, 0) is 14.3 Å². The second-order valence-electron chi connectivity index (χ2n) is 8.27. The summed E-state index contributed by atoms with van der Waals surface area (Å²) in [4.78, 5) is 38.0. The van der Waals surface area contributed by atoms with Crippen LogP contribution in [0.15, 0.2) is 48.5 Å². The van der Waals surface area contributed by atoms with E-state index >= 15 is 0 Å². The van der Waals surface area contributed by atoms with Crippen molar-refractivity contribution in [2.24, 2.45) is 5.92 Å². The topological polar surface area (TPSA) is 95.9 Å². The number of likely N-dealkylation sites (tertiary alicyclic amines) is 1. The molecule has 162 valence electrons. The molecular formula is C24H26N2O5. The summed E-state index contributed by atoms with van der Waals surface area (Å²) in [6.45, 7) is 3.88. The van der Waals surface area contributed by atoms with Crippen LogP contribution >= 0.6 is 0 Å². The summed E-state index contributed by atoms with van der Waals surface area (Å²) in [7, 11) is 0. The first-order chi connectivity index (χ1) is 14.9. The maximum absolute atomic E-state index is 12.7. The Morgan fingerprint density at radius 3 is 2.26 bits per heavy atom. The highest BCUT2D eigenvalue weighted by Crippen LogP contribution is 2.44. The number of hydrogen-bond acceptors (Lipinski definition) is 4. The van der Waals surface area contributed by atoms with E-state index < -0.39 is 30.1 Å². The highest BCUT2D eigenvalue weighted by atomic mass is 16.5. The van der Waals surface area contributed by atoms with Crippen LogP contribution < -0.4 is 5.32 Å². The van der Waals surface area contributed by atoms with Gasteiger partial charge in [0, 0.05) is 12.5 Å². The SMILES string of the molecule is CC1CCN(C(=O)[C@@H](C)NC(=O)OCC2c3ccccc3-c3ccccc32)C1C(=O)O. The number of ether oxygens (including phenoxy) is 1. The second-order valence-corrected chi connectivity index (χ2v) is 8.27. The van der Waals surface area contributed by atoms with Gasteiger partial charge in [0.25, 0.3) is 0 Å². The third kappa shape index (κ3) is 3.87. The molecule has 1 fully saturated rings. The normalized spacial score (nSPS) is 20.6. The molecule has 2 aromatic rings. The van der Waals surface area contributed by atoms with Gasteiger partial charge in [0.05, 0.1) is 0 Å². The number of amides is 2. The maximum Gasteiger partial charge on any atom is 0.407 e. The summed E-state index contributed by atoms with van der Waals surface area (Å²) in [5.74, 6) is -1.62. The molecule has 1 aliphatic heterocycles. The molecule has 3 atom stereocenters. The molecule has 2 amide bonds. The van der Waals surface area contributed by atoms with E-state index in [2.05, 4.69) is 17.4 Å². The maximum atomic E-state index is 12.7. The Bertz CT molecular complexity index is 975. The Morgan fingerprint density at radius 1 is 1.10 bits per heavy atom. The van der Waals surface area contributed by atoms with E-state index in [1.807, 2.05) is 43.3 Å². The lowest BCUT2D eigenvalue weighted by Gasteiger charge is -2.26. The molecule has 2 aliphatic rings. The largest absolute Gasteiger partial charge is 0.480 e. The van der Waals surface area contributed by atoms with Crippen molar-refractivity contribution in [1.29, 1.82) is 0 Å². The average molecular weight is 422 g/mol. The monoisotopic (exact) mass is 422 g/mol. The number of carboxylic acid groups (broad SMARTS) is 1. The van der Waals surface area contributed by atoms with Crippen molar-refractivity contribution in [3.8, 4) is 11.1 Å². The van der Waals surface area contributed by atoms with Gasteiger partial charge >= 0.3 is 12.1 Å². The number of fused-ring (bicyclic) bond motifs is 3. The molecule has 1 saturated heterocycles. The van der Waals surface area contributed by atoms with E-state index in [-0.39, 0.29) is 18.4 Å². The van der Waals surface area contributed by atoms with Crippen molar-refractivity contribution in [3.63, 3.8) is 0 Å². The van der Waals surface area contributed by atoms with Crippen LogP contribution in [0.3, 0.4) is 0 Å². The number of carboxylic acids is 1. The van der Waals surface area contributed by atoms with Crippen LogP contribution in [0, 0.1) is 5.92 Å². The Balaban J connectivity index is 1.39. The summed E-state index contributed by atoms with van der Waals surface area (Å²) in [5.41, 5.74) is 4.49. The molecule has 0 saturated carbocycles. The summed E-state index contributed by atoms with van der Waals surface area (Å²) in [5, 5.41) is 12.0. The Labute approximate surface area is 181 Å².